The zero-order valence-electron chi connectivity index (χ0n) is 20.0. The second-order valence-electron chi connectivity index (χ2n) is 9.62. The van der Waals surface area contributed by atoms with Gasteiger partial charge < -0.3 is 15.7 Å². The topological polar surface area (TPSA) is 81.7 Å². The number of benzene rings is 2. The number of thiophene rings is 1. The number of nitrogens with zero attached hydrogens (tertiary/aromatic N) is 1. The standard InChI is InChI=1S/C28H30ClN3O3S/c29-26-13-12-25(36-26)28(35)31-24-7-3-6-23(24)27(34)30-20-10-8-18(9-11-20)22-5-2-1-4-19(22)16-32-15-14-21(33)17-32/h1-2,4-5,8-13,21,23-24,33H,3,6-7,14-17H2,(H,30,34)(H,31,35)/t21?,23-,24+/m0/s1. The number of halogens is 1. The van der Waals surface area contributed by atoms with Crippen LogP contribution in [-0.2, 0) is 11.3 Å². The van der Waals surface area contributed by atoms with Gasteiger partial charge in [0.25, 0.3) is 5.91 Å². The molecule has 3 N–H and O–H groups in total. The maximum Gasteiger partial charge on any atom is 0.261 e. The van der Waals surface area contributed by atoms with Crippen LogP contribution in [0.4, 0.5) is 5.69 Å². The molecule has 3 aromatic rings. The Hall–Kier alpha value is -2.71. The molecule has 2 fully saturated rings. The average Bonchev–Trinajstić information content (AvgIpc) is 3.62. The maximum atomic E-state index is 13.1. The van der Waals surface area contributed by atoms with E-state index in [0.717, 1.165) is 55.6 Å². The monoisotopic (exact) mass is 523 g/mol. The summed E-state index contributed by atoms with van der Waals surface area (Å²) >= 11 is 7.20. The third-order valence-corrected chi connectivity index (χ3v) is 8.32. The van der Waals surface area contributed by atoms with Gasteiger partial charge in [-0.05, 0) is 60.2 Å². The maximum absolute atomic E-state index is 13.1. The van der Waals surface area contributed by atoms with Crippen molar-refractivity contribution in [1.29, 1.82) is 0 Å². The molecule has 1 saturated carbocycles. The van der Waals surface area contributed by atoms with Crippen LogP contribution in [0.5, 0.6) is 0 Å². The summed E-state index contributed by atoms with van der Waals surface area (Å²) in [6, 6.07) is 19.5. The summed E-state index contributed by atoms with van der Waals surface area (Å²) in [5.74, 6) is -0.508. The minimum Gasteiger partial charge on any atom is -0.392 e. The van der Waals surface area contributed by atoms with E-state index in [-0.39, 0.29) is 29.9 Å². The number of rotatable bonds is 7. The highest BCUT2D eigenvalue weighted by Crippen LogP contribution is 2.30. The molecule has 1 aromatic heterocycles. The number of anilines is 1. The van der Waals surface area contributed by atoms with Gasteiger partial charge in [0, 0.05) is 31.4 Å². The second-order valence-corrected chi connectivity index (χ2v) is 11.3. The van der Waals surface area contributed by atoms with Gasteiger partial charge in [-0.2, -0.15) is 0 Å². The highest BCUT2D eigenvalue weighted by molar-refractivity contribution is 7.18. The van der Waals surface area contributed by atoms with Gasteiger partial charge in [0.1, 0.15) is 0 Å². The zero-order valence-corrected chi connectivity index (χ0v) is 21.5. The third-order valence-electron chi connectivity index (χ3n) is 7.09. The Morgan fingerprint density at radius 3 is 2.56 bits per heavy atom. The van der Waals surface area contributed by atoms with Crippen LogP contribution >= 0.6 is 22.9 Å². The summed E-state index contributed by atoms with van der Waals surface area (Å²) in [6.07, 6.45) is 3.02. The summed E-state index contributed by atoms with van der Waals surface area (Å²) in [5, 5.41) is 15.9. The Kier molecular flexibility index (Phi) is 7.72. The predicted octanol–water partition coefficient (Wildman–Crippen LogP) is 5.17. The minimum atomic E-state index is -0.263. The molecule has 6 nitrogen and oxygen atoms in total. The lowest BCUT2D eigenvalue weighted by Crippen LogP contribution is -2.41. The first-order valence-corrected chi connectivity index (χ1v) is 13.6. The van der Waals surface area contributed by atoms with E-state index in [2.05, 4.69) is 27.7 Å². The van der Waals surface area contributed by atoms with Crippen molar-refractivity contribution in [2.45, 2.75) is 44.4 Å². The SMILES string of the molecule is O=C(N[C@@H]1CCC[C@@H]1C(=O)Nc1ccc(-c2ccccc2CN2CCC(O)C2)cc1)c1ccc(Cl)s1. The molecule has 188 valence electrons. The predicted molar refractivity (Wildman–Crippen MR) is 144 cm³/mol. The van der Waals surface area contributed by atoms with Crippen LogP contribution in [0.25, 0.3) is 11.1 Å². The summed E-state index contributed by atoms with van der Waals surface area (Å²) in [6.45, 7) is 2.42. The van der Waals surface area contributed by atoms with E-state index in [9.17, 15) is 14.7 Å². The molecule has 0 radical (unpaired) electrons. The zero-order chi connectivity index (χ0) is 25.1. The molecule has 8 heteroatoms. The Balaban J connectivity index is 1.22. The lowest BCUT2D eigenvalue weighted by atomic mass is 9.98. The van der Waals surface area contributed by atoms with E-state index in [1.807, 2.05) is 36.4 Å². The summed E-state index contributed by atoms with van der Waals surface area (Å²) in [7, 11) is 0. The van der Waals surface area contributed by atoms with Crippen LogP contribution in [0.3, 0.4) is 0 Å². The van der Waals surface area contributed by atoms with Crippen LogP contribution in [0.1, 0.15) is 40.9 Å². The summed E-state index contributed by atoms with van der Waals surface area (Å²) in [5.41, 5.74) is 4.21. The molecule has 0 spiro atoms. The van der Waals surface area contributed by atoms with Crippen LogP contribution in [0.2, 0.25) is 4.34 Å². The Morgan fingerprint density at radius 2 is 1.83 bits per heavy atom. The molecule has 5 rings (SSSR count). The van der Waals surface area contributed by atoms with E-state index in [0.29, 0.717) is 15.8 Å². The first-order chi connectivity index (χ1) is 17.5. The minimum absolute atomic E-state index is 0.0669. The van der Waals surface area contributed by atoms with Crippen molar-refractivity contribution in [1.82, 2.24) is 10.2 Å². The van der Waals surface area contributed by atoms with E-state index in [1.54, 1.807) is 12.1 Å². The van der Waals surface area contributed by atoms with E-state index in [4.69, 9.17) is 11.6 Å². The number of aliphatic hydroxyl groups excluding tert-OH is 1. The van der Waals surface area contributed by atoms with E-state index >= 15 is 0 Å². The van der Waals surface area contributed by atoms with Gasteiger partial charge in [-0.3, -0.25) is 14.5 Å². The van der Waals surface area contributed by atoms with Crippen LogP contribution < -0.4 is 10.6 Å². The smallest absolute Gasteiger partial charge is 0.261 e. The number of β-amino-alcohol motifs (C(OH)–C–C–N with tert-alkyl or cyclic N) is 1. The van der Waals surface area contributed by atoms with Gasteiger partial charge in [0.05, 0.1) is 21.2 Å². The van der Waals surface area contributed by atoms with Crippen molar-refractivity contribution in [2.24, 2.45) is 5.92 Å². The Bertz CT molecular complexity index is 1230. The van der Waals surface area contributed by atoms with Gasteiger partial charge in [0.15, 0.2) is 0 Å². The molecule has 2 aromatic carbocycles. The van der Waals surface area contributed by atoms with Crippen molar-refractivity contribution >= 4 is 40.4 Å². The molecule has 3 atom stereocenters. The fourth-order valence-electron chi connectivity index (χ4n) is 5.23. The highest BCUT2D eigenvalue weighted by Gasteiger charge is 2.34. The number of carbonyl (C=O) groups excluding carboxylic acids is 2. The molecule has 0 bridgehead atoms. The van der Waals surface area contributed by atoms with Gasteiger partial charge in [-0.15, -0.1) is 11.3 Å². The van der Waals surface area contributed by atoms with E-state index < -0.39 is 0 Å². The lowest BCUT2D eigenvalue weighted by Gasteiger charge is -2.20. The van der Waals surface area contributed by atoms with Crippen LogP contribution in [0.15, 0.2) is 60.7 Å². The molecule has 1 saturated heterocycles. The van der Waals surface area contributed by atoms with Crippen molar-refractivity contribution in [3.05, 3.63) is 75.4 Å². The number of nitrogens with one attached hydrogen (secondary N) is 2. The number of carbonyl (C=O) groups is 2. The van der Waals surface area contributed by atoms with Gasteiger partial charge in [-0.1, -0.05) is 54.4 Å². The molecule has 1 aliphatic heterocycles. The molecular formula is C28H30ClN3O3S. The van der Waals surface area contributed by atoms with Gasteiger partial charge in [-0.25, -0.2) is 0 Å². The Morgan fingerprint density at radius 1 is 1.03 bits per heavy atom. The summed E-state index contributed by atoms with van der Waals surface area (Å²) < 4.78 is 0.571. The normalized spacial score (nSPS) is 22.0. The fourth-order valence-corrected chi connectivity index (χ4v) is 6.17. The third kappa shape index (κ3) is 5.81. The number of hydrogen-bond donors (Lipinski definition) is 3. The van der Waals surface area contributed by atoms with Crippen molar-refractivity contribution in [2.75, 3.05) is 18.4 Å². The largest absolute Gasteiger partial charge is 0.392 e. The molecule has 2 heterocycles. The van der Waals surface area contributed by atoms with Crippen LogP contribution in [0, 0.1) is 5.92 Å². The molecule has 2 amide bonds. The van der Waals surface area contributed by atoms with E-state index in [1.165, 1.54) is 16.9 Å². The lowest BCUT2D eigenvalue weighted by molar-refractivity contribution is -0.120. The molecule has 1 aliphatic carbocycles. The number of amides is 2. The highest BCUT2D eigenvalue weighted by atomic mass is 35.5. The quantitative estimate of drug-likeness (QED) is 0.399. The number of likely N-dealkylation sites (tertiary alicyclic amines) is 1. The average molecular weight is 524 g/mol. The van der Waals surface area contributed by atoms with Gasteiger partial charge in [0.2, 0.25) is 5.91 Å². The van der Waals surface area contributed by atoms with Gasteiger partial charge >= 0.3 is 0 Å². The molecule has 2 aliphatic rings. The number of aliphatic hydroxyl groups is 1. The number of hydrogen-bond acceptors (Lipinski definition) is 5. The van der Waals surface area contributed by atoms with Crippen LogP contribution in [-0.4, -0.2) is 47.1 Å². The van der Waals surface area contributed by atoms with Crippen molar-refractivity contribution in [3.63, 3.8) is 0 Å². The first-order valence-electron chi connectivity index (χ1n) is 12.4. The summed E-state index contributed by atoms with van der Waals surface area (Å²) in [4.78, 5) is 28.5. The molecule has 1 unspecified atom stereocenters. The molecule has 36 heavy (non-hydrogen) atoms. The second kappa shape index (κ2) is 11.1. The Labute approximate surface area is 220 Å². The first kappa shape index (κ1) is 25.0. The van der Waals surface area contributed by atoms with Crippen molar-refractivity contribution in [3.8, 4) is 11.1 Å². The fraction of sp³-hybridized carbons (Fsp3) is 0.357. The molecular weight excluding hydrogens is 494 g/mol. The van der Waals surface area contributed by atoms with Crippen molar-refractivity contribution < 1.29 is 14.7 Å².